The lowest BCUT2D eigenvalue weighted by atomic mass is 10.1. The summed E-state index contributed by atoms with van der Waals surface area (Å²) >= 11 is 1.63. The summed E-state index contributed by atoms with van der Waals surface area (Å²) in [4.78, 5) is 12.0. The number of hydrogen-bond acceptors (Lipinski definition) is 4. The van der Waals surface area contributed by atoms with E-state index in [0.29, 0.717) is 5.75 Å². The molecule has 1 aromatic rings. The van der Waals surface area contributed by atoms with Gasteiger partial charge in [0.15, 0.2) is 0 Å². The first kappa shape index (κ1) is 17.7. The van der Waals surface area contributed by atoms with E-state index >= 15 is 0 Å². The zero-order chi connectivity index (χ0) is 16.0. The number of benzene rings is 1. The fraction of sp³-hybridized carbons (Fsp3) is 0.562. The number of nitrogens with one attached hydrogen (secondary N) is 1. The summed E-state index contributed by atoms with van der Waals surface area (Å²) in [6, 6.07) is 5.44. The molecule has 0 aliphatic carbocycles. The number of carbonyl (C=O) groups excluding carboxylic acids is 1. The first-order valence-corrected chi connectivity index (χ1v) is 7.90. The Labute approximate surface area is 131 Å². The van der Waals surface area contributed by atoms with E-state index in [0.717, 1.165) is 17.1 Å². The minimum absolute atomic E-state index is 0.0206. The summed E-state index contributed by atoms with van der Waals surface area (Å²) in [5.41, 5.74) is 0.908. The van der Waals surface area contributed by atoms with Crippen LogP contribution in [0.25, 0.3) is 0 Å². The molecule has 5 heteroatoms. The third-order valence-corrected chi connectivity index (χ3v) is 4.19. The van der Waals surface area contributed by atoms with Crippen molar-refractivity contribution in [3.63, 3.8) is 0 Å². The number of amides is 1. The van der Waals surface area contributed by atoms with Crippen LogP contribution in [0.5, 0.6) is 11.5 Å². The predicted molar refractivity (Wildman–Crippen MR) is 88.3 cm³/mol. The molecule has 1 N–H and O–H groups in total. The number of ether oxygens (including phenoxy) is 2. The summed E-state index contributed by atoms with van der Waals surface area (Å²) in [6.45, 7) is 8.23. The van der Waals surface area contributed by atoms with Gasteiger partial charge in [-0.15, -0.1) is 11.8 Å². The van der Waals surface area contributed by atoms with Crippen molar-refractivity contribution in [2.75, 3.05) is 20.0 Å². The van der Waals surface area contributed by atoms with Crippen molar-refractivity contribution in [3.05, 3.63) is 23.8 Å². The Bertz CT molecular complexity index is 483. The maximum Gasteiger partial charge on any atom is 0.230 e. The minimum atomic E-state index is -0.136. The van der Waals surface area contributed by atoms with Crippen molar-refractivity contribution in [1.29, 1.82) is 0 Å². The zero-order valence-corrected chi connectivity index (χ0v) is 14.5. The van der Waals surface area contributed by atoms with Crippen molar-refractivity contribution < 1.29 is 14.3 Å². The van der Waals surface area contributed by atoms with Gasteiger partial charge in [-0.3, -0.25) is 4.79 Å². The van der Waals surface area contributed by atoms with Gasteiger partial charge in [0, 0.05) is 10.3 Å². The average molecular weight is 311 g/mol. The molecule has 0 unspecified atom stereocenters. The molecule has 1 rings (SSSR count). The van der Waals surface area contributed by atoms with Gasteiger partial charge in [0.2, 0.25) is 5.91 Å². The topological polar surface area (TPSA) is 47.6 Å². The van der Waals surface area contributed by atoms with Gasteiger partial charge in [-0.2, -0.15) is 0 Å². The van der Waals surface area contributed by atoms with Crippen LogP contribution in [0.4, 0.5) is 0 Å². The van der Waals surface area contributed by atoms with Crippen molar-refractivity contribution in [3.8, 4) is 11.5 Å². The molecular formula is C16H25NO3S. The number of rotatable bonds is 6. The largest absolute Gasteiger partial charge is 0.497 e. The number of carbonyl (C=O) groups is 1. The first-order valence-electron chi connectivity index (χ1n) is 6.92. The van der Waals surface area contributed by atoms with Crippen molar-refractivity contribution in [1.82, 2.24) is 5.32 Å². The maximum absolute atomic E-state index is 12.0. The highest BCUT2D eigenvalue weighted by Gasteiger charge is 2.17. The minimum Gasteiger partial charge on any atom is -0.497 e. The van der Waals surface area contributed by atoms with E-state index in [-0.39, 0.29) is 16.7 Å². The quantitative estimate of drug-likeness (QED) is 0.874. The summed E-state index contributed by atoms with van der Waals surface area (Å²) in [5, 5.41) is 3.00. The lowest BCUT2D eigenvalue weighted by Crippen LogP contribution is -2.29. The van der Waals surface area contributed by atoms with Gasteiger partial charge in [-0.25, -0.2) is 0 Å². The molecule has 0 bridgehead atoms. The van der Waals surface area contributed by atoms with Crippen LogP contribution in [0.15, 0.2) is 18.2 Å². The Balaban J connectivity index is 2.74. The van der Waals surface area contributed by atoms with Gasteiger partial charge < -0.3 is 14.8 Å². The third kappa shape index (κ3) is 5.87. The highest BCUT2D eigenvalue weighted by Crippen LogP contribution is 2.29. The van der Waals surface area contributed by atoms with E-state index in [1.807, 2.05) is 25.1 Å². The number of thioether (sulfide) groups is 1. The lowest BCUT2D eigenvalue weighted by molar-refractivity contribution is -0.119. The summed E-state index contributed by atoms with van der Waals surface area (Å²) < 4.78 is 10.7. The second kappa shape index (κ2) is 7.59. The Morgan fingerprint density at radius 3 is 2.48 bits per heavy atom. The summed E-state index contributed by atoms with van der Waals surface area (Å²) in [7, 11) is 3.24. The van der Waals surface area contributed by atoms with Gasteiger partial charge in [0.05, 0.1) is 26.0 Å². The van der Waals surface area contributed by atoms with Gasteiger partial charge >= 0.3 is 0 Å². The van der Waals surface area contributed by atoms with Crippen LogP contribution in [0.3, 0.4) is 0 Å². The Morgan fingerprint density at radius 2 is 1.95 bits per heavy atom. The van der Waals surface area contributed by atoms with E-state index < -0.39 is 0 Å². The molecule has 0 saturated heterocycles. The van der Waals surface area contributed by atoms with E-state index in [1.54, 1.807) is 26.0 Å². The first-order chi connectivity index (χ1) is 9.76. The van der Waals surface area contributed by atoms with E-state index in [4.69, 9.17) is 9.47 Å². The second-order valence-corrected chi connectivity index (χ2v) is 7.60. The Morgan fingerprint density at radius 1 is 1.29 bits per heavy atom. The molecule has 0 radical (unpaired) electrons. The standard InChI is InChI=1S/C16H25NO3S/c1-11(17-15(18)10-21-16(2,3)4)13-9-12(19-5)7-8-14(13)20-6/h7-9,11H,10H2,1-6H3,(H,17,18)/t11-/m1/s1. The summed E-state index contributed by atoms with van der Waals surface area (Å²) in [5.74, 6) is 1.95. The van der Waals surface area contributed by atoms with Crippen LogP contribution in [-0.2, 0) is 4.79 Å². The molecule has 0 aromatic heterocycles. The van der Waals surface area contributed by atoms with Gasteiger partial charge in [0.1, 0.15) is 11.5 Å². The normalized spacial score (nSPS) is 12.7. The molecular weight excluding hydrogens is 286 g/mol. The summed E-state index contributed by atoms with van der Waals surface area (Å²) in [6.07, 6.45) is 0. The van der Waals surface area contributed by atoms with Crippen molar-refractivity contribution in [2.45, 2.75) is 38.5 Å². The third-order valence-electron chi connectivity index (χ3n) is 2.92. The molecule has 4 nitrogen and oxygen atoms in total. The van der Waals surface area contributed by atoms with E-state index in [1.165, 1.54) is 0 Å². The lowest BCUT2D eigenvalue weighted by Gasteiger charge is -2.20. The van der Waals surface area contributed by atoms with Crippen LogP contribution >= 0.6 is 11.8 Å². The zero-order valence-electron chi connectivity index (χ0n) is 13.6. The molecule has 1 aromatic carbocycles. The van der Waals surface area contributed by atoms with Crippen molar-refractivity contribution in [2.24, 2.45) is 0 Å². The van der Waals surface area contributed by atoms with Crippen LogP contribution in [-0.4, -0.2) is 30.6 Å². The highest BCUT2D eigenvalue weighted by molar-refractivity contribution is 8.01. The van der Waals surface area contributed by atoms with Gasteiger partial charge in [-0.05, 0) is 25.1 Å². The van der Waals surface area contributed by atoms with E-state index in [2.05, 4.69) is 26.1 Å². The number of hydrogen-bond donors (Lipinski definition) is 1. The van der Waals surface area contributed by atoms with E-state index in [9.17, 15) is 4.79 Å². The molecule has 1 amide bonds. The highest BCUT2D eigenvalue weighted by atomic mass is 32.2. The van der Waals surface area contributed by atoms with Crippen LogP contribution in [0.1, 0.15) is 39.3 Å². The Kier molecular flexibility index (Phi) is 6.40. The molecule has 0 spiro atoms. The average Bonchev–Trinajstić information content (AvgIpc) is 2.43. The molecule has 0 aliphatic heterocycles. The van der Waals surface area contributed by atoms with Crippen LogP contribution in [0.2, 0.25) is 0 Å². The predicted octanol–water partition coefficient (Wildman–Crippen LogP) is 3.41. The fourth-order valence-corrected chi connectivity index (χ4v) is 2.47. The monoisotopic (exact) mass is 311 g/mol. The molecule has 0 fully saturated rings. The van der Waals surface area contributed by atoms with Crippen molar-refractivity contribution >= 4 is 17.7 Å². The molecule has 118 valence electrons. The number of methoxy groups -OCH3 is 2. The van der Waals surface area contributed by atoms with Gasteiger partial charge in [0.25, 0.3) is 0 Å². The van der Waals surface area contributed by atoms with Crippen LogP contribution in [0, 0.1) is 0 Å². The Hall–Kier alpha value is -1.36. The molecule has 21 heavy (non-hydrogen) atoms. The smallest absolute Gasteiger partial charge is 0.230 e. The fourth-order valence-electron chi connectivity index (χ4n) is 1.82. The molecule has 0 aliphatic rings. The maximum atomic E-state index is 12.0. The van der Waals surface area contributed by atoms with Gasteiger partial charge in [-0.1, -0.05) is 20.8 Å². The SMILES string of the molecule is COc1ccc(OC)c([C@@H](C)NC(=O)CSC(C)(C)C)c1. The molecule has 0 heterocycles. The van der Waals surface area contributed by atoms with Crippen LogP contribution < -0.4 is 14.8 Å². The molecule has 1 atom stereocenters. The molecule has 0 saturated carbocycles. The second-order valence-electron chi connectivity index (χ2n) is 5.80.